The molecule has 0 saturated carbocycles. The number of rotatable bonds is 3. The number of carbonyl (C=O) groups excluding carboxylic acids is 1. The first kappa shape index (κ1) is 11.2. The Kier molecular flexibility index (Phi) is 3.10. The summed E-state index contributed by atoms with van der Waals surface area (Å²) in [5.74, 6) is -0.162. The molecule has 0 atom stereocenters. The highest BCUT2D eigenvalue weighted by molar-refractivity contribution is 5.91. The van der Waals surface area contributed by atoms with E-state index in [0.717, 1.165) is 10.8 Å². The number of primary amides is 1. The van der Waals surface area contributed by atoms with Crippen molar-refractivity contribution in [2.24, 2.45) is 5.73 Å². The zero-order chi connectivity index (χ0) is 12.3. The molecule has 0 saturated heterocycles. The fourth-order valence-corrected chi connectivity index (χ4v) is 1.71. The van der Waals surface area contributed by atoms with Crippen LogP contribution in [0.3, 0.4) is 0 Å². The zero-order valence-corrected chi connectivity index (χ0v) is 9.26. The molecular formula is C14H13NO2. The molecule has 1 amide bonds. The van der Waals surface area contributed by atoms with Gasteiger partial charge in [0.05, 0.1) is 0 Å². The normalized spacial score (nSPS) is 11.1. The van der Waals surface area contributed by atoms with Gasteiger partial charge in [0.25, 0.3) is 0 Å². The molecule has 0 fully saturated rings. The third kappa shape index (κ3) is 2.45. The zero-order valence-electron chi connectivity index (χ0n) is 9.26. The Morgan fingerprint density at radius 1 is 1.24 bits per heavy atom. The summed E-state index contributed by atoms with van der Waals surface area (Å²) in [4.78, 5) is 10.6. The third-order valence-corrected chi connectivity index (χ3v) is 2.55. The molecule has 0 aromatic heterocycles. The van der Waals surface area contributed by atoms with Crippen molar-refractivity contribution in [1.29, 1.82) is 0 Å². The quantitative estimate of drug-likeness (QED) is 0.845. The van der Waals surface area contributed by atoms with Crippen molar-refractivity contribution in [3.63, 3.8) is 0 Å². The Morgan fingerprint density at radius 2 is 2.00 bits per heavy atom. The topological polar surface area (TPSA) is 63.3 Å². The molecule has 0 aliphatic rings. The number of hydrogen-bond donors (Lipinski definition) is 2. The molecule has 2 rings (SSSR count). The number of phenolic OH excluding ortho intramolecular Hbond substituents is 1. The molecular weight excluding hydrogens is 214 g/mol. The lowest BCUT2D eigenvalue weighted by Crippen LogP contribution is -2.07. The van der Waals surface area contributed by atoms with Gasteiger partial charge >= 0.3 is 0 Å². The molecule has 3 N–H and O–H groups in total. The lowest BCUT2D eigenvalue weighted by atomic mass is 10.0. The van der Waals surface area contributed by atoms with E-state index in [1.807, 2.05) is 36.4 Å². The van der Waals surface area contributed by atoms with Crippen molar-refractivity contribution in [3.8, 4) is 5.75 Å². The smallest absolute Gasteiger partial charge is 0.221 e. The summed E-state index contributed by atoms with van der Waals surface area (Å²) in [6.45, 7) is 0. The Hall–Kier alpha value is -2.29. The summed E-state index contributed by atoms with van der Waals surface area (Å²) in [5, 5.41) is 11.8. The van der Waals surface area contributed by atoms with Crippen LogP contribution in [0.2, 0.25) is 0 Å². The average Bonchev–Trinajstić information content (AvgIpc) is 2.32. The fourth-order valence-electron chi connectivity index (χ4n) is 1.71. The first-order valence-corrected chi connectivity index (χ1v) is 5.34. The van der Waals surface area contributed by atoms with Crippen LogP contribution in [0.4, 0.5) is 0 Å². The second-order valence-corrected chi connectivity index (χ2v) is 3.80. The maximum atomic E-state index is 10.6. The van der Waals surface area contributed by atoms with E-state index in [0.29, 0.717) is 5.56 Å². The van der Waals surface area contributed by atoms with Gasteiger partial charge in [0.15, 0.2) is 0 Å². The highest BCUT2D eigenvalue weighted by Gasteiger charge is 2.02. The number of benzene rings is 2. The molecule has 2 aromatic carbocycles. The van der Waals surface area contributed by atoms with E-state index in [1.54, 1.807) is 12.2 Å². The molecule has 0 spiro atoms. The number of phenols is 1. The Labute approximate surface area is 99.2 Å². The number of nitrogens with two attached hydrogens (primary N) is 1. The Morgan fingerprint density at radius 3 is 2.76 bits per heavy atom. The van der Waals surface area contributed by atoms with Crippen LogP contribution in [0.15, 0.2) is 42.5 Å². The number of carbonyl (C=O) groups is 1. The molecule has 0 bridgehead atoms. The Balaban J connectivity index is 2.39. The van der Waals surface area contributed by atoms with Crippen molar-refractivity contribution < 1.29 is 9.90 Å². The van der Waals surface area contributed by atoms with Crippen LogP contribution in [0.25, 0.3) is 16.8 Å². The van der Waals surface area contributed by atoms with Crippen molar-refractivity contribution >= 4 is 22.8 Å². The molecule has 3 nitrogen and oxygen atoms in total. The van der Waals surface area contributed by atoms with Crippen molar-refractivity contribution in [2.75, 3.05) is 0 Å². The summed E-state index contributed by atoms with van der Waals surface area (Å²) < 4.78 is 0. The molecule has 17 heavy (non-hydrogen) atoms. The minimum absolute atomic E-state index is 0.173. The van der Waals surface area contributed by atoms with Crippen molar-refractivity contribution in [2.45, 2.75) is 6.42 Å². The second-order valence-electron chi connectivity index (χ2n) is 3.80. The number of aromatic hydroxyl groups is 1. The first-order valence-electron chi connectivity index (χ1n) is 5.34. The van der Waals surface area contributed by atoms with Gasteiger partial charge < -0.3 is 10.8 Å². The maximum absolute atomic E-state index is 10.6. The van der Waals surface area contributed by atoms with Gasteiger partial charge in [-0.15, -0.1) is 0 Å². The molecule has 0 unspecified atom stereocenters. The molecule has 0 aliphatic carbocycles. The van der Waals surface area contributed by atoms with Crippen LogP contribution in [0.5, 0.6) is 5.75 Å². The average molecular weight is 227 g/mol. The second kappa shape index (κ2) is 4.70. The van der Waals surface area contributed by atoms with Gasteiger partial charge in [-0.25, -0.2) is 0 Å². The number of fused-ring (bicyclic) bond motifs is 1. The van der Waals surface area contributed by atoms with E-state index in [4.69, 9.17) is 5.73 Å². The van der Waals surface area contributed by atoms with Gasteiger partial charge in [0, 0.05) is 17.4 Å². The predicted octanol–water partition coefficient (Wildman–Crippen LogP) is 2.43. The van der Waals surface area contributed by atoms with Crippen molar-refractivity contribution in [3.05, 3.63) is 48.0 Å². The van der Waals surface area contributed by atoms with Crippen LogP contribution >= 0.6 is 0 Å². The fraction of sp³-hybridized carbons (Fsp3) is 0.0714. The standard InChI is InChI=1S/C14H13NO2/c15-13(16)7-3-5-11-9-8-10-4-1-2-6-12(10)14(11)17/h1-6,8-9,17H,7H2,(H2,15,16). The van der Waals surface area contributed by atoms with Gasteiger partial charge in [-0.2, -0.15) is 0 Å². The highest BCUT2D eigenvalue weighted by Crippen LogP contribution is 2.29. The van der Waals surface area contributed by atoms with E-state index < -0.39 is 0 Å². The monoisotopic (exact) mass is 227 g/mol. The van der Waals surface area contributed by atoms with E-state index in [1.165, 1.54) is 0 Å². The van der Waals surface area contributed by atoms with Crippen LogP contribution in [-0.2, 0) is 4.79 Å². The molecule has 0 aliphatic heterocycles. The highest BCUT2D eigenvalue weighted by atomic mass is 16.3. The van der Waals surface area contributed by atoms with Crippen LogP contribution in [-0.4, -0.2) is 11.0 Å². The van der Waals surface area contributed by atoms with Gasteiger partial charge in [0.1, 0.15) is 5.75 Å². The minimum Gasteiger partial charge on any atom is -0.507 e. The summed E-state index contributed by atoms with van der Waals surface area (Å²) in [6.07, 6.45) is 3.52. The predicted molar refractivity (Wildman–Crippen MR) is 68.5 cm³/mol. The number of hydrogen-bond acceptors (Lipinski definition) is 2. The third-order valence-electron chi connectivity index (χ3n) is 2.55. The largest absolute Gasteiger partial charge is 0.507 e. The summed E-state index contributed by atoms with van der Waals surface area (Å²) in [5.41, 5.74) is 5.72. The maximum Gasteiger partial charge on any atom is 0.221 e. The lowest BCUT2D eigenvalue weighted by Gasteiger charge is -2.04. The van der Waals surface area contributed by atoms with Crippen LogP contribution in [0.1, 0.15) is 12.0 Å². The molecule has 86 valence electrons. The Bertz CT molecular complexity index is 588. The van der Waals surface area contributed by atoms with Gasteiger partial charge in [0.2, 0.25) is 5.91 Å². The lowest BCUT2D eigenvalue weighted by molar-refractivity contribution is -0.117. The van der Waals surface area contributed by atoms with E-state index >= 15 is 0 Å². The van der Waals surface area contributed by atoms with E-state index in [2.05, 4.69) is 0 Å². The van der Waals surface area contributed by atoms with E-state index in [9.17, 15) is 9.90 Å². The van der Waals surface area contributed by atoms with Gasteiger partial charge in [-0.1, -0.05) is 48.6 Å². The molecule has 3 heteroatoms. The molecule has 0 radical (unpaired) electrons. The van der Waals surface area contributed by atoms with Crippen molar-refractivity contribution in [1.82, 2.24) is 0 Å². The SMILES string of the molecule is NC(=O)CC=Cc1ccc2ccccc2c1O. The van der Waals surface area contributed by atoms with E-state index in [-0.39, 0.29) is 18.1 Å². The first-order chi connectivity index (χ1) is 8.18. The number of amides is 1. The summed E-state index contributed by atoms with van der Waals surface area (Å²) >= 11 is 0. The molecule has 0 heterocycles. The van der Waals surface area contributed by atoms with Crippen LogP contribution < -0.4 is 5.73 Å². The van der Waals surface area contributed by atoms with Gasteiger partial charge in [-0.05, 0) is 5.39 Å². The summed E-state index contributed by atoms with van der Waals surface area (Å²) in [7, 11) is 0. The van der Waals surface area contributed by atoms with Crippen LogP contribution in [0, 0.1) is 0 Å². The summed E-state index contributed by atoms with van der Waals surface area (Å²) in [6, 6.07) is 11.3. The minimum atomic E-state index is -0.387. The molecule has 2 aromatic rings. The van der Waals surface area contributed by atoms with Gasteiger partial charge in [-0.3, -0.25) is 4.79 Å².